The maximum Gasteiger partial charge on any atom is 0.251 e. The highest BCUT2D eigenvalue weighted by Gasteiger charge is 2.26. The third-order valence-corrected chi connectivity index (χ3v) is 6.32. The molecule has 0 unspecified atom stereocenters. The first-order valence-electron chi connectivity index (χ1n) is 8.97. The molecule has 3 rings (SSSR count). The van der Waals surface area contributed by atoms with E-state index >= 15 is 0 Å². The lowest BCUT2D eigenvalue weighted by Crippen LogP contribution is -2.28. The van der Waals surface area contributed by atoms with Gasteiger partial charge in [0, 0.05) is 38.3 Å². The molecule has 0 saturated carbocycles. The summed E-state index contributed by atoms with van der Waals surface area (Å²) in [6.45, 7) is 2.74. The van der Waals surface area contributed by atoms with Crippen molar-refractivity contribution in [1.29, 1.82) is 0 Å². The molecule has 0 radical (unpaired) electrons. The molecule has 2 N–H and O–H groups in total. The van der Waals surface area contributed by atoms with E-state index in [4.69, 9.17) is 0 Å². The summed E-state index contributed by atoms with van der Waals surface area (Å²) < 4.78 is 26.6. The van der Waals surface area contributed by atoms with Gasteiger partial charge >= 0.3 is 0 Å². The number of rotatable bonds is 6. The molecule has 8 nitrogen and oxygen atoms in total. The van der Waals surface area contributed by atoms with Crippen LogP contribution in [0.15, 0.2) is 47.5 Å². The van der Waals surface area contributed by atoms with Crippen LogP contribution in [-0.4, -0.2) is 42.6 Å². The van der Waals surface area contributed by atoms with Crippen molar-refractivity contribution < 1.29 is 18.0 Å². The Labute approximate surface area is 164 Å². The van der Waals surface area contributed by atoms with Crippen LogP contribution in [0.3, 0.4) is 0 Å². The van der Waals surface area contributed by atoms with E-state index in [1.54, 1.807) is 30.3 Å². The number of hydrogen-bond acceptors (Lipinski definition) is 5. The molecule has 0 bridgehead atoms. The van der Waals surface area contributed by atoms with Crippen molar-refractivity contribution in [3.8, 4) is 0 Å². The zero-order valence-corrected chi connectivity index (χ0v) is 16.3. The van der Waals surface area contributed by atoms with Gasteiger partial charge in [0.05, 0.1) is 4.90 Å². The Kier molecular flexibility index (Phi) is 6.05. The van der Waals surface area contributed by atoms with E-state index < -0.39 is 10.0 Å². The maximum atomic E-state index is 12.5. The second-order valence-electron chi connectivity index (χ2n) is 6.55. The molecule has 0 atom stereocenters. The summed E-state index contributed by atoms with van der Waals surface area (Å²) in [4.78, 5) is 27.6. The molecule has 1 aromatic carbocycles. The van der Waals surface area contributed by atoms with Crippen LogP contribution in [0, 0.1) is 0 Å². The molecule has 2 amide bonds. The number of anilines is 1. The Morgan fingerprint density at radius 3 is 2.43 bits per heavy atom. The second-order valence-corrected chi connectivity index (χ2v) is 8.49. The molecule has 2 aromatic rings. The summed E-state index contributed by atoms with van der Waals surface area (Å²) in [6.07, 6.45) is 3.22. The van der Waals surface area contributed by atoms with Crippen molar-refractivity contribution in [2.24, 2.45) is 0 Å². The molecule has 1 aromatic heterocycles. The van der Waals surface area contributed by atoms with Gasteiger partial charge in [0.2, 0.25) is 15.9 Å². The summed E-state index contributed by atoms with van der Waals surface area (Å²) in [5, 5.41) is 5.30. The van der Waals surface area contributed by atoms with E-state index in [2.05, 4.69) is 15.6 Å². The summed E-state index contributed by atoms with van der Waals surface area (Å²) in [5.41, 5.74) is 1.15. The van der Waals surface area contributed by atoms with Gasteiger partial charge < -0.3 is 10.6 Å². The molecule has 9 heteroatoms. The van der Waals surface area contributed by atoms with Crippen molar-refractivity contribution in [3.63, 3.8) is 0 Å². The highest BCUT2D eigenvalue weighted by molar-refractivity contribution is 7.89. The first-order valence-corrected chi connectivity index (χ1v) is 10.4. The fraction of sp³-hybridized carbons (Fsp3) is 0.316. The Morgan fingerprint density at radius 1 is 1.11 bits per heavy atom. The van der Waals surface area contributed by atoms with E-state index in [0.717, 1.165) is 18.4 Å². The SMILES string of the molecule is CC(=O)Nc1cc(C(=O)NCc2ccc(S(=O)(=O)N3CCCC3)cc2)ccn1. The van der Waals surface area contributed by atoms with Crippen LogP contribution in [-0.2, 0) is 21.4 Å². The predicted octanol–water partition coefficient (Wildman–Crippen LogP) is 1.75. The number of hydrogen-bond donors (Lipinski definition) is 2. The van der Waals surface area contributed by atoms with Crippen LogP contribution < -0.4 is 10.6 Å². The fourth-order valence-corrected chi connectivity index (χ4v) is 4.48. The number of carbonyl (C=O) groups excluding carboxylic acids is 2. The average molecular weight is 402 g/mol. The van der Waals surface area contributed by atoms with Crippen molar-refractivity contribution >= 4 is 27.7 Å². The van der Waals surface area contributed by atoms with E-state index in [1.807, 2.05) is 0 Å². The van der Waals surface area contributed by atoms with Crippen LogP contribution >= 0.6 is 0 Å². The molecule has 148 valence electrons. The molecule has 1 aliphatic rings. The van der Waals surface area contributed by atoms with Gasteiger partial charge in [-0.05, 0) is 42.7 Å². The number of carbonyl (C=O) groups is 2. The quantitative estimate of drug-likeness (QED) is 0.765. The molecule has 28 heavy (non-hydrogen) atoms. The van der Waals surface area contributed by atoms with E-state index in [9.17, 15) is 18.0 Å². The minimum absolute atomic E-state index is 0.251. The smallest absolute Gasteiger partial charge is 0.251 e. The lowest BCUT2D eigenvalue weighted by Gasteiger charge is -2.15. The Morgan fingerprint density at radius 2 is 1.79 bits per heavy atom. The van der Waals surface area contributed by atoms with Gasteiger partial charge in [0.1, 0.15) is 5.82 Å². The van der Waals surface area contributed by atoms with Crippen molar-refractivity contribution in [1.82, 2.24) is 14.6 Å². The predicted molar refractivity (Wildman–Crippen MR) is 104 cm³/mol. The van der Waals surface area contributed by atoms with Crippen LogP contribution in [0.1, 0.15) is 35.7 Å². The number of amides is 2. The summed E-state index contributed by atoms with van der Waals surface area (Å²) in [7, 11) is -3.44. The molecular weight excluding hydrogens is 380 g/mol. The number of nitrogens with zero attached hydrogens (tertiary/aromatic N) is 2. The van der Waals surface area contributed by atoms with Gasteiger partial charge in [-0.15, -0.1) is 0 Å². The number of sulfonamides is 1. The van der Waals surface area contributed by atoms with E-state index in [1.165, 1.54) is 23.5 Å². The maximum absolute atomic E-state index is 12.5. The van der Waals surface area contributed by atoms with Gasteiger partial charge in [-0.1, -0.05) is 12.1 Å². The first kappa shape index (κ1) is 20.0. The molecule has 2 heterocycles. The van der Waals surface area contributed by atoms with Crippen LogP contribution in [0.5, 0.6) is 0 Å². The largest absolute Gasteiger partial charge is 0.348 e. The zero-order chi connectivity index (χ0) is 20.1. The van der Waals surface area contributed by atoms with Gasteiger partial charge in [0.15, 0.2) is 0 Å². The van der Waals surface area contributed by atoms with Crippen molar-refractivity contribution in [3.05, 3.63) is 53.7 Å². The second kappa shape index (κ2) is 8.49. The summed E-state index contributed by atoms with van der Waals surface area (Å²) >= 11 is 0. The van der Waals surface area contributed by atoms with Crippen LogP contribution in [0.2, 0.25) is 0 Å². The van der Waals surface area contributed by atoms with Crippen LogP contribution in [0.25, 0.3) is 0 Å². The van der Waals surface area contributed by atoms with Gasteiger partial charge in [-0.3, -0.25) is 9.59 Å². The molecule has 0 spiro atoms. The van der Waals surface area contributed by atoms with Gasteiger partial charge in [0.25, 0.3) is 5.91 Å². The fourth-order valence-electron chi connectivity index (χ4n) is 2.96. The molecule has 1 fully saturated rings. The molecular formula is C19H22N4O4S. The normalized spacial score (nSPS) is 14.6. The minimum Gasteiger partial charge on any atom is -0.348 e. The summed E-state index contributed by atoms with van der Waals surface area (Å²) in [5.74, 6) is -0.284. The number of pyridine rings is 1. The summed E-state index contributed by atoms with van der Waals surface area (Å²) in [6, 6.07) is 9.55. The number of aromatic nitrogens is 1. The van der Waals surface area contributed by atoms with Gasteiger partial charge in [-0.25, -0.2) is 13.4 Å². The highest BCUT2D eigenvalue weighted by Crippen LogP contribution is 2.21. The van der Waals surface area contributed by atoms with E-state index in [-0.39, 0.29) is 23.3 Å². The van der Waals surface area contributed by atoms with Crippen LogP contribution in [0.4, 0.5) is 5.82 Å². The minimum atomic E-state index is -3.44. The lowest BCUT2D eigenvalue weighted by atomic mass is 10.2. The monoisotopic (exact) mass is 402 g/mol. The zero-order valence-electron chi connectivity index (χ0n) is 15.5. The number of benzene rings is 1. The third kappa shape index (κ3) is 4.73. The van der Waals surface area contributed by atoms with Crippen molar-refractivity contribution in [2.75, 3.05) is 18.4 Å². The topological polar surface area (TPSA) is 108 Å². The number of nitrogens with one attached hydrogen (secondary N) is 2. The van der Waals surface area contributed by atoms with Gasteiger partial charge in [-0.2, -0.15) is 4.31 Å². The molecule has 0 aliphatic carbocycles. The third-order valence-electron chi connectivity index (χ3n) is 4.41. The molecule has 1 saturated heterocycles. The Balaban J connectivity index is 1.62. The first-order chi connectivity index (χ1) is 13.4. The Hall–Kier alpha value is -2.78. The standard InChI is InChI=1S/C19H22N4O4S/c1-14(24)22-18-12-16(8-9-20-18)19(25)21-13-15-4-6-17(7-5-15)28(26,27)23-10-2-3-11-23/h4-9,12H,2-3,10-11,13H2,1H3,(H,21,25)(H,20,22,24). The Bertz CT molecular complexity index is 968. The lowest BCUT2D eigenvalue weighted by molar-refractivity contribution is -0.114. The highest BCUT2D eigenvalue weighted by atomic mass is 32.2. The average Bonchev–Trinajstić information content (AvgIpc) is 3.22. The van der Waals surface area contributed by atoms with Crippen molar-refractivity contribution in [2.45, 2.75) is 31.2 Å². The molecule has 1 aliphatic heterocycles. The van der Waals surface area contributed by atoms with E-state index in [0.29, 0.717) is 24.5 Å².